The first-order chi connectivity index (χ1) is 13.6. The van der Waals surface area contributed by atoms with E-state index in [9.17, 15) is 10.2 Å². The van der Waals surface area contributed by atoms with Crippen LogP contribution in [0.15, 0.2) is 59.1 Å². The average molecular weight is 376 g/mol. The summed E-state index contributed by atoms with van der Waals surface area (Å²) in [6.45, 7) is 2.57. The molecule has 3 aromatic rings. The molecule has 1 unspecified atom stereocenters. The number of nitrogens with zero attached hydrogens (tertiary/aromatic N) is 2. The fourth-order valence-corrected chi connectivity index (χ4v) is 4.33. The number of benzene rings is 2. The number of rotatable bonds is 5. The highest BCUT2D eigenvalue weighted by molar-refractivity contribution is 5.83. The molecule has 0 amide bonds. The van der Waals surface area contributed by atoms with Crippen LogP contribution in [0.1, 0.15) is 25.0 Å². The Labute approximate surface area is 164 Å². The third-order valence-electron chi connectivity index (χ3n) is 6.00. The quantitative estimate of drug-likeness (QED) is 0.709. The molecule has 5 rings (SSSR count). The summed E-state index contributed by atoms with van der Waals surface area (Å²) in [5, 5.41) is 24.0. The predicted molar refractivity (Wildman–Crippen MR) is 107 cm³/mol. The number of aliphatic hydroxyl groups is 1. The Morgan fingerprint density at radius 3 is 2.43 bits per heavy atom. The number of phenolic OH excluding ortho intramolecular Hbond substituents is 1. The van der Waals surface area contributed by atoms with Crippen molar-refractivity contribution in [3.05, 3.63) is 60.4 Å². The Bertz CT molecular complexity index is 961. The van der Waals surface area contributed by atoms with Crippen molar-refractivity contribution in [3.8, 4) is 28.1 Å². The molecule has 0 spiro atoms. The molecule has 5 heteroatoms. The molecular formula is C23H24N2O3. The van der Waals surface area contributed by atoms with Crippen LogP contribution < -0.4 is 0 Å². The zero-order chi connectivity index (χ0) is 19.1. The first-order valence-electron chi connectivity index (χ1n) is 9.90. The Kier molecular flexibility index (Phi) is 4.22. The van der Waals surface area contributed by atoms with Crippen LogP contribution in [0.5, 0.6) is 5.75 Å². The topological polar surface area (TPSA) is 69.7 Å². The monoisotopic (exact) mass is 376 g/mol. The van der Waals surface area contributed by atoms with Crippen molar-refractivity contribution in [3.63, 3.8) is 0 Å². The van der Waals surface area contributed by atoms with Gasteiger partial charge in [0.2, 0.25) is 0 Å². The number of β-amino-alcohol motifs (C(OH)–C–C–N with tert-alkyl or cyclic N) is 1. The second-order valence-electron chi connectivity index (χ2n) is 8.11. The van der Waals surface area contributed by atoms with Crippen LogP contribution in [0.25, 0.3) is 22.4 Å². The van der Waals surface area contributed by atoms with Gasteiger partial charge in [-0.15, -0.1) is 0 Å². The Hall–Kier alpha value is -2.63. The predicted octanol–water partition coefficient (Wildman–Crippen LogP) is 3.81. The highest BCUT2D eigenvalue weighted by atomic mass is 16.5. The third kappa shape index (κ3) is 3.11. The zero-order valence-electron chi connectivity index (χ0n) is 15.7. The van der Waals surface area contributed by atoms with E-state index in [1.807, 2.05) is 30.3 Å². The van der Waals surface area contributed by atoms with Crippen molar-refractivity contribution in [2.45, 2.75) is 30.8 Å². The Morgan fingerprint density at radius 1 is 1.04 bits per heavy atom. The fraction of sp³-hybridized carbons (Fsp3) is 0.348. The lowest BCUT2D eigenvalue weighted by Crippen LogP contribution is -2.31. The SMILES string of the molecule is Oc1ccc(-c2noc(C3(CN4CCC(O)C4)CC3)c2-c2ccccc2)cc1. The standard InChI is InChI=1S/C23H24N2O3/c26-18-8-6-17(7-9-18)21-20(16-4-2-1-3-5-16)22(28-24-21)23(11-12-23)15-25-13-10-19(27)14-25/h1-9,19,26-27H,10-15H2. The van der Waals surface area contributed by atoms with Gasteiger partial charge in [0, 0.05) is 30.6 Å². The molecule has 5 nitrogen and oxygen atoms in total. The van der Waals surface area contributed by atoms with Gasteiger partial charge < -0.3 is 14.7 Å². The number of aliphatic hydroxyl groups excluding tert-OH is 1. The molecule has 1 aliphatic heterocycles. The molecule has 1 saturated heterocycles. The van der Waals surface area contributed by atoms with Gasteiger partial charge in [-0.3, -0.25) is 4.90 Å². The molecule has 1 saturated carbocycles. The number of likely N-dealkylation sites (tertiary alicyclic amines) is 1. The van der Waals surface area contributed by atoms with Gasteiger partial charge >= 0.3 is 0 Å². The summed E-state index contributed by atoms with van der Waals surface area (Å²) in [4.78, 5) is 2.34. The Morgan fingerprint density at radius 2 is 1.79 bits per heavy atom. The van der Waals surface area contributed by atoms with Crippen molar-refractivity contribution in [2.24, 2.45) is 0 Å². The van der Waals surface area contributed by atoms with E-state index in [0.29, 0.717) is 0 Å². The highest BCUT2D eigenvalue weighted by Crippen LogP contribution is 2.54. The van der Waals surface area contributed by atoms with Gasteiger partial charge in [-0.05, 0) is 49.1 Å². The largest absolute Gasteiger partial charge is 0.508 e. The van der Waals surface area contributed by atoms with E-state index in [-0.39, 0.29) is 17.3 Å². The second-order valence-corrected chi connectivity index (χ2v) is 8.11. The molecule has 2 fully saturated rings. The lowest BCUT2D eigenvalue weighted by atomic mass is 9.91. The van der Waals surface area contributed by atoms with Gasteiger partial charge in [0.05, 0.1) is 11.7 Å². The van der Waals surface area contributed by atoms with Crippen molar-refractivity contribution >= 4 is 0 Å². The summed E-state index contributed by atoms with van der Waals surface area (Å²) >= 11 is 0. The van der Waals surface area contributed by atoms with Crippen LogP contribution in [0.4, 0.5) is 0 Å². The maximum atomic E-state index is 9.90. The van der Waals surface area contributed by atoms with Crippen LogP contribution in [0.2, 0.25) is 0 Å². The zero-order valence-corrected chi connectivity index (χ0v) is 15.7. The Balaban J connectivity index is 1.58. The van der Waals surface area contributed by atoms with Crippen LogP contribution in [0.3, 0.4) is 0 Å². The van der Waals surface area contributed by atoms with E-state index in [2.05, 4.69) is 22.2 Å². The minimum absolute atomic E-state index is 0.0304. The molecule has 2 aliphatic rings. The van der Waals surface area contributed by atoms with Crippen molar-refractivity contribution in [2.75, 3.05) is 19.6 Å². The number of aromatic nitrogens is 1. The summed E-state index contributed by atoms with van der Waals surface area (Å²) < 4.78 is 6.00. The maximum absolute atomic E-state index is 9.90. The second kappa shape index (κ2) is 6.76. The third-order valence-corrected chi connectivity index (χ3v) is 6.00. The highest BCUT2D eigenvalue weighted by Gasteiger charge is 2.51. The molecule has 2 heterocycles. The summed E-state index contributed by atoms with van der Waals surface area (Å²) in [6, 6.07) is 17.4. The lowest BCUT2D eigenvalue weighted by Gasteiger charge is -2.22. The minimum Gasteiger partial charge on any atom is -0.508 e. The summed E-state index contributed by atoms with van der Waals surface area (Å²) in [5.74, 6) is 1.18. The summed E-state index contributed by atoms with van der Waals surface area (Å²) in [5.41, 5.74) is 3.85. The molecule has 0 bridgehead atoms. The molecule has 1 atom stereocenters. The minimum atomic E-state index is -0.216. The molecule has 0 radical (unpaired) electrons. The molecule has 28 heavy (non-hydrogen) atoms. The fourth-order valence-electron chi connectivity index (χ4n) is 4.33. The van der Waals surface area contributed by atoms with E-state index in [1.54, 1.807) is 12.1 Å². The molecule has 1 aliphatic carbocycles. The molecule has 2 aromatic carbocycles. The smallest absolute Gasteiger partial charge is 0.152 e. The van der Waals surface area contributed by atoms with Crippen LogP contribution in [-0.2, 0) is 5.41 Å². The van der Waals surface area contributed by atoms with Gasteiger partial charge in [-0.1, -0.05) is 35.5 Å². The van der Waals surface area contributed by atoms with Crippen molar-refractivity contribution in [1.82, 2.24) is 10.1 Å². The van der Waals surface area contributed by atoms with E-state index >= 15 is 0 Å². The summed E-state index contributed by atoms with van der Waals surface area (Å²) in [6.07, 6.45) is 2.77. The van der Waals surface area contributed by atoms with E-state index in [0.717, 1.165) is 67.0 Å². The van der Waals surface area contributed by atoms with Crippen LogP contribution >= 0.6 is 0 Å². The van der Waals surface area contributed by atoms with Crippen LogP contribution in [-0.4, -0.2) is 46.0 Å². The van der Waals surface area contributed by atoms with Crippen molar-refractivity contribution < 1.29 is 14.7 Å². The maximum Gasteiger partial charge on any atom is 0.152 e. The average Bonchev–Trinajstić information content (AvgIpc) is 3.15. The van der Waals surface area contributed by atoms with Crippen LogP contribution in [0, 0.1) is 0 Å². The number of hydrogen-bond donors (Lipinski definition) is 2. The normalized spacial score (nSPS) is 21.1. The van der Waals surface area contributed by atoms with E-state index < -0.39 is 0 Å². The first-order valence-corrected chi connectivity index (χ1v) is 9.90. The van der Waals surface area contributed by atoms with Gasteiger partial charge in [0.15, 0.2) is 5.76 Å². The van der Waals surface area contributed by atoms with E-state index in [4.69, 9.17) is 4.52 Å². The van der Waals surface area contributed by atoms with Gasteiger partial charge in [0.25, 0.3) is 0 Å². The molecule has 1 aromatic heterocycles. The lowest BCUT2D eigenvalue weighted by molar-refractivity contribution is 0.170. The first kappa shape index (κ1) is 17.5. The van der Waals surface area contributed by atoms with Gasteiger partial charge in [-0.2, -0.15) is 0 Å². The van der Waals surface area contributed by atoms with E-state index in [1.165, 1.54) is 0 Å². The van der Waals surface area contributed by atoms with Gasteiger partial charge in [0.1, 0.15) is 11.4 Å². The van der Waals surface area contributed by atoms with Gasteiger partial charge in [-0.25, -0.2) is 0 Å². The number of hydrogen-bond acceptors (Lipinski definition) is 5. The number of phenols is 1. The molecule has 144 valence electrons. The number of aromatic hydroxyl groups is 1. The molecular weight excluding hydrogens is 352 g/mol. The molecule has 2 N–H and O–H groups in total. The van der Waals surface area contributed by atoms with Crippen molar-refractivity contribution in [1.29, 1.82) is 0 Å². The summed E-state index contributed by atoms with van der Waals surface area (Å²) in [7, 11) is 0.